The first-order valence-corrected chi connectivity index (χ1v) is 21.9. The van der Waals surface area contributed by atoms with E-state index in [0.29, 0.717) is 0 Å². The van der Waals surface area contributed by atoms with Crippen molar-refractivity contribution in [3.05, 3.63) is 230 Å². The van der Waals surface area contributed by atoms with Crippen LogP contribution in [-0.4, -0.2) is 20.4 Å². The molecule has 0 saturated heterocycles. The molecule has 2 aliphatic carbocycles. The maximum atomic E-state index is 10.2. The molecule has 4 nitrogen and oxygen atoms in total. The van der Waals surface area contributed by atoms with Crippen molar-refractivity contribution in [1.29, 1.82) is 0 Å². The van der Waals surface area contributed by atoms with Gasteiger partial charge in [-0.3, -0.25) is 0 Å². The number of benzene rings is 8. The zero-order chi connectivity index (χ0) is 43.8. The van der Waals surface area contributed by atoms with E-state index in [1.807, 2.05) is 72.8 Å². The third-order valence-electron chi connectivity index (χ3n) is 11.7. The zero-order valence-corrected chi connectivity index (χ0v) is 37.7. The van der Waals surface area contributed by atoms with Crippen LogP contribution < -0.4 is 0 Å². The van der Waals surface area contributed by atoms with Gasteiger partial charge >= 0.3 is 0 Å². The number of rotatable bonds is 4. The van der Waals surface area contributed by atoms with E-state index in [1.54, 1.807) is 48.5 Å². The molecule has 0 bridgehead atoms. The third kappa shape index (κ3) is 6.42. The molecule has 0 unspecified atom stereocenters. The normalized spacial score (nSPS) is 13.7. The molecule has 0 saturated carbocycles. The SMILES string of the molecule is Oc1c(Cl)cc(C2(c3cc(Cl)c(O)c(Cl)c3)c3ccccc3-c3ccccc32)cc1Cl.Oc1c(Cl)cc(C2(c3cc(Cl)c(O)c(Cl)c3)c3ccccc3-c3ccccc32)cc1Cl. The summed E-state index contributed by atoms with van der Waals surface area (Å²) in [4.78, 5) is 0. The minimum Gasteiger partial charge on any atom is -0.505 e. The summed E-state index contributed by atoms with van der Waals surface area (Å²) in [6.45, 7) is 0. The average Bonchev–Trinajstić information content (AvgIpc) is 3.74. The van der Waals surface area contributed by atoms with Gasteiger partial charge in [0.25, 0.3) is 0 Å². The molecule has 308 valence electrons. The molecule has 0 aliphatic heterocycles. The van der Waals surface area contributed by atoms with E-state index in [1.165, 1.54) is 0 Å². The van der Waals surface area contributed by atoms with Crippen molar-refractivity contribution in [3.8, 4) is 45.3 Å². The molecule has 4 N–H and O–H groups in total. The van der Waals surface area contributed by atoms with Gasteiger partial charge in [0.05, 0.1) is 51.0 Å². The Morgan fingerprint density at radius 3 is 0.597 bits per heavy atom. The fraction of sp³-hybridized carbons (Fsp3) is 0.0400. The second-order valence-electron chi connectivity index (χ2n) is 14.8. The number of phenolic OH excluding ortho intramolecular Hbond substituents is 4. The number of aromatic hydroxyl groups is 4. The Balaban J connectivity index is 0.000000158. The van der Waals surface area contributed by atoms with Gasteiger partial charge in [-0.25, -0.2) is 0 Å². The Hall–Kier alpha value is -4.72. The van der Waals surface area contributed by atoms with Crippen LogP contribution in [-0.2, 0) is 10.8 Å². The van der Waals surface area contributed by atoms with Crippen molar-refractivity contribution in [3.63, 3.8) is 0 Å². The van der Waals surface area contributed by atoms with E-state index in [4.69, 9.17) is 92.8 Å². The summed E-state index contributed by atoms with van der Waals surface area (Å²) < 4.78 is 0. The Morgan fingerprint density at radius 1 is 0.258 bits per heavy atom. The minimum atomic E-state index is -0.866. The summed E-state index contributed by atoms with van der Waals surface area (Å²) in [7, 11) is 0. The summed E-state index contributed by atoms with van der Waals surface area (Å²) in [6.07, 6.45) is 0. The third-order valence-corrected chi connectivity index (χ3v) is 14.0. The van der Waals surface area contributed by atoms with Crippen molar-refractivity contribution < 1.29 is 20.4 Å². The van der Waals surface area contributed by atoms with Gasteiger partial charge in [-0.2, -0.15) is 0 Å². The maximum absolute atomic E-state index is 10.2. The minimum absolute atomic E-state index is 0.139. The summed E-state index contributed by atoms with van der Waals surface area (Å²) in [5.74, 6) is -0.709. The first kappa shape index (κ1) is 42.6. The molecule has 8 aromatic rings. The Morgan fingerprint density at radius 2 is 0.419 bits per heavy atom. The number of halogens is 8. The predicted molar refractivity (Wildman–Crippen MR) is 254 cm³/mol. The lowest BCUT2D eigenvalue weighted by Crippen LogP contribution is -2.28. The summed E-state index contributed by atoms with van der Waals surface area (Å²) in [6, 6.07) is 45.8. The second-order valence-corrected chi connectivity index (χ2v) is 18.1. The highest BCUT2D eigenvalue weighted by atomic mass is 35.5. The number of phenols is 4. The van der Waals surface area contributed by atoms with Gasteiger partial charge in [0.2, 0.25) is 0 Å². The van der Waals surface area contributed by atoms with Gasteiger partial charge < -0.3 is 20.4 Å². The number of hydrogen-bond donors (Lipinski definition) is 4. The molecule has 2 aliphatic rings. The Kier molecular flexibility index (Phi) is 11.1. The molecule has 0 amide bonds. The standard InChI is InChI=1S/2C25H14Cl4O2/c2*26-19-9-13(10-20(27)23(19)30)25(14-11-21(28)24(31)22(29)12-14)17-7-3-1-5-15(17)16-6-2-4-8-18(16)25/h2*1-12,30-31H. The smallest absolute Gasteiger partial charge is 0.152 e. The summed E-state index contributed by atoms with van der Waals surface area (Å²) in [5, 5.41) is 41.9. The molecule has 10 rings (SSSR count). The lowest BCUT2D eigenvalue weighted by molar-refractivity contribution is 0.474. The highest BCUT2D eigenvalue weighted by Crippen LogP contribution is 2.60. The highest BCUT2D eigenvalue weighted by Gasteiger charge is 2.48. The van der Waals surface area contributed by atoms with Crippen molar-refractivity contribution in [2.75, 3.05) is 0 Å². The van der Waals surface area contributed by atoms with E-state index < -0.39 is 10.8 Å². The number of fused-ring (bicyclic) bond motifs is 6. The van der Waals surface area contributed by atoms with Crippen molar-refractivity contribution in [2.24, 2.45) is 0 Å². The van der Waals surface area contributed by atoms with Crippen LogP contribution in [0.1, 0.15) is 44.5 Å². The van der Waals surface area contributed by atoms with E-state index in [0.717, 1.165) is 66.8 Å². The van der Waals surface area contributed by atoms with Crippen LogP contribution in [0.5, 0.6) is 23.0 Å². The molecule has 12 heteroatoms. The molecule has 0 spiro atoms. The van der Waals surface area contributed by atoms with Crippen LogP contribution in [0.25, 0.3) is 22.3 Å². The van der Waals surface area contributed by atoms with Gasteiger partial charge in [-0.15, -0.1) is 0 Å². The van der Waals surface area contributed by atoms with E-state index in [-0.39, 0.29) is 63.2 Å². The van der Waals surface area contributed by atoms with Gasteiger partial charge in [0.1, 0.15) is 0 Å². The average molecular weight is 976 g/mol. The van der Waals surface area contributed by atoms with Gasteiger partial charge in [0.15, 0.2) is 23.0 Å². The first-order valence-electron chi connectivity index (χ1n) is 18.8. The molecule has 0 fully saturated rings. The van der Waals surface area contributed by atoms with Crippen molar-refractivity contribution >= 4 is 92.8 Å². The largest absolute Gasteiger partial charge is 0.505 e. The number of hydrogen-bond acceptors (Lipinski definition) is 4. The molecular formula is C50H28Cl8O4. The van der Waals surface area contributed by atoms with Crippen LogP contribution in [0.4, 0.5) is 0 Å². The van der Waals surface area contributed by atoms with Crippen molar-refractivity contribution in [2.45, 2.75) is 10.8 Å². The Bertz CT molecular complexity index is 2630. The molecule has 0 aromatic heterocycles. The van der Waals surface area contributed by atoms with Crippen LogP contribution in [0.3, 0.4) is 0 Å². The lowest BCUT2D eigenvalue weighted by atomic mass is 9.67. The second kappa shape index (κ2) is 16.1. The summed E-state index contributed by atoms with van der Waals surface area (Å²) >= 11 is 50.9. The van der Waals surface area contributed by atoms with Crippen LogP contribution in [0.2, 0.25) is 40.2 Å². The fourth-order valence-electron chi connectivity index (χ4n) is 9.18. The van der Waals surface area contributed by atoms with E-state index in [2.05, 4.69) is 24.3 Å². The van der Waals surface area contributed by atoms with Crippen LogP contribution in [0, 0.1) is 0 Å². The lowest BCUT2D eigenvalue weighted by Gasteiger charge is -2.34. The molecule has 0 heterocycles. The molecule has 62 heavy (non-hydrogen) atoms. The first-order chi connectivity index (χ1) is 29.7. The molecule has 0 radical (unpaired) electrons. The van der Waals surface area contributed by atoms with E-state index in [9.17, 15) is 20.4 Å². The fourth-order valence-corrected chi connectivity index (χ4v) is 11.1. The van der Waals surface area contributed by atoms with Crippen molar-refractivity contribution in [1.82, 2.24) is 0 Å². The predicted octanol–water partition coefficient (Wildman–Crippen LogP) is 16.1. The van der Waals surface area contributed by atoms with Gasteiger partial charge in [-0.05, 0) is 115 Å². The monoisotopic (exact) mass is 972 g/mol. The molecule has 8 aromatic carbocycles. The van der Waals surface area contributed by atoms with E-state index >= 15 is 0 Å². The zero-order valence-electron chi connectivity index (χ0n) is 31.7. The van der Waals surface area contributed by atoms with Gasteiger partial charge in [-0.1, -0.05) is 190 Å². The summed E-state index contributed by atoms with van der Waals surface area (Å²) in [5.41, 5.74) is 9.44. The Labute approximate surface area is 396 Å². The molecular weight excluding hydrogens is 948 g/mol. The van der Waals surface area contributed by atoms with Gasteiger partial charge in [0, 0.05) is 0 Å². The topological polar surface area (TPSA) is 80.9 Å². The maximum Gasteiger partial charge on any atom is 0.152 e. The van der Waals surface area contributed by atoms with Crippen LogP contribution >= 0.6 is 92.8 Å². The molecule has 0 atom stereocenters. The highest BCUT2D eigenvalue weighted by molar-refractivity contribution is 6.39. The van der Waals surface area contributed by atoms with Crippen LogP contribution in [0.15, 0.2) is 146 Å². The quantitative estimate of drug-likeness (QED) is 0.142.